The fourth-order valence-corrected chi connectivity index (χ4v) is 2.78. The Balaban J connectivity index is 2.60. The molecule has 0 spiro atoms. The Hall–Kier alpha value is -3.10. The number of carboxylic acid groups (broad SMARTS) is 1. The molecule has 0 aliphatic rings. The number of anilines is 1. The van der Waals surface area contributed by atoms with Crippen LogP contribution >= 0.6 is 0 Å². The number of amides is 2. The Morgan fingerprint density at radius 2 is 1.77 bits per heavy atom. The number of unbranched alkanes of at least 4 members (excludes halogenated alkanes) is 2. The minimum absolute atomic E-state index is 0.0264. The molecule has 0 fully saturated rings. The predicted octanol–water partition coefficient (Wildman–Crippen LogP) is 2.62. The summed E-state index contributed by atoms with van der Waals surface area (Å²) in [6.45, 7) is 1.26. The molecule has 9 nitrogen and oxygen atoms in total. The molecule has 1 rings (SSSR count). The quantitative estimate of drug-likeness (QED) is 0.302. The largest absolute Gasteiger partial charge is 0.493 e. The van der Waals surface area contributed by atoms with Gasteiger partial charge in [-0.25, -0.2) is 0 Å². The second-order valence-corrected chi connectivity index (χ2v) is 7.28. The molecule has 0 saturated carbocycles. The molecule has 1 aromatic rings. The summed E-state index contributed by atoms with van der Waals surface area (Å²) in [5.41, 5.74) is 1.26. The van der Waals surface area contributed by atoms with Crippen LogP contribution in [0.25, 0.3) is 0 Å². The number of carboxylic acids is 1. The fourth-order valence-electron chi connectivity index (χ4n) is 2.78. The molecule has 0 saturated heterocycles. The summed E-state index contributed by atoms with van der Waals surface area (Å²) in [6.07, 6.45) is 3.55. The normalized spacial score (nSPS) is 10.3. The third-order valence-corrected chi connectivity index (χ3v) is 4.48. The first-order chi connectivity index (χ1) is 14.8. The molecule has 172 valence electrons. The van der Waals surface area contributed by atoms with Gasteiger partial charge in [0.25, 0.3) is 6.47 Å². The summed E-state index contributed by atoms with van der Waals surface area (Å²) in [7, 11) is 3.35. The maximum absolute atomic E-state index is 12.2. The van der Waals surface area contributed by atoms with Gasteiger partial charge in [-0.15, -0.1) is 0 Å². The molecule has 0 unspecified atom stereocenters. The zero-order chi connectivity index (χ0) is 23.1. The van der Waals surface area contributed by atoms with Gasteiger partial charge >= 0.3 is 5.97 Å². The number of benzene rings is 1. The monoisotopic (exact) mass is 436 g/mol. The first kappa shape index (κ1) is 25.9. The van der Waals surface area contributed by atoms with E-state index in [1.165, 1.54) is 4.90 Å². The highest BCUT2D eigenvalue weighted by atomic mass is 16.5. The summed E-state index contributed by atoms with van der Waals surface area (Å²) < 4.78 is 10.4. The average Bonchev–Trinajstić information content (AvgIpc) is 2.72. The lowest BCUT2D eigenvalue weighted by Crippen LogP contribution is -2.21. The molecule has 0 aliphatic heterocycles. The molecule has 0 heterocycles. The van der Waals surface area contributed by atoms with E-state index in [4.69, 9.17) is 9.84 Å². The van der Waals surface area contributed by atoms with Gasteiger partial charge in [0, 0.05) is 39.0 Å². The number of nitrogens with zero attached hydrogens (tertiary/aromatic N) is 1. The van der Waals surface area contributed by atoms with Crippen LogP contribution in [-0.4, -0.2) is 61.6 Å². The van der Waals surface area contributed by atoms with Crippen LogP contribution in [0.3, 0.4) is 0 Å². The molecule has 31 heavy (non-hydrogen) atoms. The number of hydrogen-bond acceptors (Lipinski definition) is 6. The van der Waals surface area contributed by atoms with Crippen LogP contribution in [0.4, 0.5) is 5.69 Å². The minimum atomic E-state index is -0.916. The van der Waals surface area contributed by atoms with E-state index in [1.54, 1.807) is 32.3 Å². The van der Waals surface area contributed by atoms with E-state index in [2.05, 4.69) is 10.1 Å². The molecule has 0 aliphatic carbocycles. The first-order valence-corrected chi connectivity index (χ1v) is 10.4. The fraction of sp³-hybridized carbons (Fsp3) is 0.545. The van der Waals surface area contributed by atoms with Crippen LogP contribution in [0.2, 0.25) is 0 Å². The number of hydrogen-bond donors (Lipinski definition) is 2. The van der Waals surface area contributed by atoms with Crippen molar-refractivity contribution < 1.29 is 33.8 Å². The maximum Gasteiger partial charge on any atom is 0.303 e. The summed E-state index contributed by atoms with van der Waals surface area (Å²) in [6, 6.07) is 5.15. The summed E-state index contributed by atoms with van der Waals surface area (Å²) in [4.78, 5) is 46.3. The lowest BCUT2D eigenvalue weighted by atomic mass is 10.1. The van der Waals surface area contributed by atoms with Gasteiger partial charge in [0.15, 0.2) is 0 Å². The Morgan fingerprint density at radius 3 is 2.45 bits per heavy atom. The zero-order valence-electron chi connectivity index (χ0n) is 18.2. The number of carbonyl (C=O) groups excluding carboxylic acids is 3. The van der Waals surface area contributed by atoms with Crippen LogP contribution in [0.15, 0.2) is 18.2 Å². The van der Waals surface area contributed by atoms with E-state index < -0.39 is 5.97 Å². The molecule has 0 radical (unpaired) electrons. The number of carbonyl (C=O) groups is 4. The Labute approximate surface area is 182 Å². The molecule has 2 amide bonds. The molecule has 0 aromatic heterocycles. The highest BCUT2D eigenvalue weighted by molar-refractivity contribution is 5.91. The summed E-state index contributed by atoms with van der Waals surface area (Å²) in [5, 5.41) is 11.8. The third-order valence-electron chi connectivity index (χ3n) is 4.48. The van der Waals surface area contributed by atoms with E-state index in [9.17, 15) is 19.2 Å². The number of aryl methyl sites for hydroxylation is 1. The van der Waals surface area contributed by atoms with Gasteiger partial charge in [0.1, 0.15) is 5.75 Å². The van der Waals surface area contributed by atoms with Crippen molar-refractivity contribution in [1.29, 1.82) is 0 Å². The van der Waals surface area contributed by atoms with Gasteiger partial charge in [0.05, 0.1) is 13.2 Å². The highest BCUT2D eigenvalue weighted by Crippen LogP contribution is 2.25. The van der Waals surface area contributed by atoms with Crippen molar-refractivity contribution in [2.24, 2.45) is 0 Å². The van der Waals surface area contributed by atoms with E-state index >= 15 is 0 Å². The van der Waals surface area contributed by atoms with Gasteiger partial charge in [0.2, 0.25) is 11.8 Å². The Bertz CT molecular complexity index is 735. The molecular formula is C22H32N2O7. The van der Waals surface area contributed by atoms with Gasteiger partial charge in [-0.2, -0.15) is 0 Å². The van der Waals surface area contributed by atoms with E-state index in [-0.39, 0.29) is 31.1 Å². The van der Waals surface area contributed by atoms with E-state index in [0.29, 0.717) is 49.5 Å². The van der Waals surface area contributed by atoms with Gasteiger partial charge in [-0.1, -0.05) is 0 Å². The second-order valence-electron chi connectivity index (χ2n) is 7.28. The van der Waals surface area contributed by atoms with Crippen molar-refractivity contribution in [3.05, 3.63) is 23.8 Å². The van der Waals surface area contributed by atoms with Gasteiger partial charge < -0.3 is 24.8 Å². The predicted molar refractivity (Wildman–Crippen MR) is 115 cm³/mol. The second kappa shape index (κ2) is 14.8. The number of rotatable bonds is 16. The lowest BCUT2D eigenvalue weighted by molar-refractivity contribution is -0.137. The lowest BCUT2D eigenvalue weighted by Gasteiger charge is -2.14. The molecule has 0 atom stereocenters. The van der Waals surface area contributed by atoms with Crippen molar-refractivity contribution >= 4 is 29.9 Å². The minimum Gasteiger partial charge on any atom is -0.493 e. The highest BCUT2D eigenvalue weighted by Gasteiger charge is 2.11. The van der Waals surface area contributed by atoms with Gasteiger partial charge in [-0.3, -0.25) is 19.2 Å². The topological polar surface area (TPSA) is 122 Å². The SMILES string of the molecule is CN(C)C(=O)CCCC(=O)Nc1ccc(OCCCCCOC=O)c(CCC(=O)O)c1. The van der Waals surface area contributed by atoms with Crippen LogP contribution < -0.4 is 10.1 Å². The van der Waals surface area contributed by atoms with Crippen LogP contribution in [-0.2, 0) is 30.3 Å². The van der Waals surface area contributed by atoms with E-state index in [0.717, 1.165) is 19.3 Å². The third kappa shape index (κ3) is 11.6. The Kier molecular flexibility index (Phi) is 12.4. The molecule has 1 aromatic carbocycles. The summed E-state index contributed by atoms with van der Waals surface area (Å²) >= 11 is 0. The van der Waals surface area contributed by atoms with Crippen LogP contribution in [0.5, 0.6) is 5.75 Å². The number of ether oxygens (including phenoxy) is 2. The van der Waals surface area contributed by atoms with Gasteiger partial charge in [-0.05, 0) is 55.9 Å². The summed E-state index contributed by atoms with van der Waals surface area (Å²) in [5.74, 6) is -0.565. The zero-order valence-corrected chi connectivity index (χ0v) is 18.2. The van der Waals surface area contributed by atoms with Crippen LogP contribution in [0.1, 0.15) is 50.5 Å². The van der Waals surface area contributed by atoms with Crippen molar-refractivity contribution in [3.63, 3.8) is 0 Å². The van der Waals surface area contributed by atoms with Crippen molar-refractivity contribution in [2.75, 3.05) is 32.6 Å². The van der Waals surface area contributed by atoms with Crippen molar-refractivity contribution in [2.45, 2.75) is 51.4 Å². The number of nitrogens with one attached hydrogen (secondary N) is 1. The first-order valence-electron chi connectivity index (χ1n) is 10.4. The molecule has 0 bridgehead atoms. The molecule has 9 heteroatoms. The molecule has 2 N–H and O–H groups in total. The van der Waals surface area contributed by atoms with Crippen LogP contribution in [0, 0.1) is 0 Å². The maximum atomic E-state index is 12.2. The Morgan fingerprint density at radius 1 is 1.03 bits per heavy atom. The average molecular weight is 437 g/mol. The van der Waals surface area contributed by atoms with Crippen molar-refractivity contribution in [3.8, 4) is 5.75 Å². The number of aliphatic carboxylic acids is 1. The standard InChI is InChI=1S/C22H32N2O7/c1-24(2)21(27)8-6-7-20(26)23-18-10-11-19(17(15-18)9-12-22(28)29)31-14-5-3-4-13-30-16-25/h10-11,15-16H,3-9,12-14H2,1-2H3,(H,23,26)(H,28,29). The molecular weight excluding hydrogens is 404 g/mol. The smallest absolute Gasteiger partial charge is 0.303 e. The van der Waals surface area contributed by atoms with E-state index in [1.807, 2.05) is 0 Å². The van der Waals surface area contributed by atoms with Crippen molar-refractivity contribution in [1.82, 2.24) is 4.90 Å².